The third kappa shape index (κ3) is 2.92. The molecule has 3 aliphatic heterocycles. The predicted molar refractivity (Wildman–Crippen MR) is 102 cm³/mol. The fourth-order valence-corrected chi connectivity index (χ4v) is 4.51. The van der Waals surface area contributed by atoms with Gasteiger partial charge in [0.05, 0.1) is 17.8 Å². The summed E-state index contributed by atoms with van der Waals surface area (Å²) >= 11 is 0. The third-order valence-corrected chi connectivity index (χ3v) is 5.84. The number of carbonyl (C=O) groups is 3. The summed E-state index contributed by atoms with van der Waals surface area (Å²) in [5.74, 6) is -3.00. The number of piperidine rings is 1. The Balaban J connectivity index is 1.48. The SMILES string of the molecule is O=C1OC(=O)[C@H]2[C@@H]1[C@H]1C=C(OCc3ccccc3)[C@@H]2N(Cc2ccccc2)C1=O. The minimum Gasteiger partial charge on any atom is -0.491 e. The highest BCUT2D eigenvalue weighted by Crippen LogP contribution is 2.48. The number of amides is 1. The van der Waals surface area contributed by atoms with E-state index in [2.05, 4.69) is 0 Å². The van der Waals surface area contributed by atoms with Gasteiger partial charge in [0.15, 0.2) is 0 Å². The lowest BCUT2D eigenvalue weighted by molar-refractivity contribution is -0.155. The molecule has 2 fully saturated rings. The van der Waals surface area contributed by atoms with E-state index in [1.165, 1.54) is 0 Å². The second kappa shape index (κ2) is 6.88. The van der Waals surface area contributed by atoms with Gasteiger partial charge < -0.3 is 14.4 Å². The number of ether oxygens (including phenoxy) is 2. The quantitative estimate of drug-likeness (QED) is 0.580. The average Bonchev–Trinajstić information content (AvgIpc) is 3.05. The predicted octanol–water partition coefficient (Wildman–Crippen LogP) is 2.44. The van der Waals surface area contributed by atoms with Crippen LogP contribution < -0.4 is 0 Å². The molecule has 2 saturated heterocycles. The zero-order chi connectivity index (χ0) is 20.0. The Bertz CT molecular complexity index is 1000. The first-order chi connectivity index (χ1) is 14.1. The second-order valence-corrected chi connectivity index (χ2v) is 7.56. The Morgan fingerprint density at radius 3 is 2.14 bits per heavy atom. The molecular formula is C23H19NO5. The van der Waals surface area contributed by atoms with Crippen LogP contribution in [0.5, 0.6) is 0 Å². The van der Waals surface area contributed by atoms with Crippen LogP contribution in [0, 0.1) is 17.8 Å². The summed E-state index contributed by atoms with van der Waals surface area (Å²) in [7, 11) is 0. The van der Waals surface area contributed by atoms with Crippen molar-refractivity contribution in [3.63, 3.8) is 0 Å². The Hall–Kier alpha value is -3.41. The summed E-state index contributed by atoms with van der Waals surface area (Å²) in [6.45, 7) is 0.668. The molecule has 6 nitrogen and oxygen atoms in total. The van der Waals surface area contributed by atoms with Gasteiger partial charge in [-0.2, -0.15) is 0 Å². The van der Waals surface area contributed by atoms with Crippen molar-refractivity contribution in [3.8, 4) is 0 Å². The lowest BCUT2D eigenvalue weighted by Crippen LogP contribution is -2.61. The number of benzene rings is 2. The molecule has 0 aromatic heterocycles. The summed E-state index contributed by atoms with van der Waals surface area (Å²) in [5, 5.41) is 0. The zero-order valence-electron chi connectivity index (χ0n) is 15.6. The molecule has 2 aromatic rings. The first-order valence-electron chi connectivity index (χ1n) is 9.62. The highest BCUT2D eigenvalue weighted by atomic mass is 16.6. The van der Waals surface area contributed by atoms with Gasteiger partial charge in [-0.1, -0.05) is 60.7 Å². The van der Waals surface area contributed by atoms with Crippen LogP contribution >= 0.6 is 0 Å². The number of esters is 2. The number of hydrogen-bond donors (Lipinski definition) is 0. The van der Waals surface area contributed by atoms with E-state index in [0.717, 1.165) is 11.1 Å². The summed E-state index contributed by atoms with van der Waals surface area (Å²) in [4.78, 5) is 39.5. The summed E-state index contributed by atoms with van der Waals surface area (Å²) < 4.78 is 11.0. The van der Waals surface area contributed by atoms with E-state index in [0.29, 0.717) is 18.9 Å². The maximum Gasteiger partial charge on any atom is 0.320 e. The zero-order valence-corrected chi connectivity index (χ0v) is 15.6. The van der Waals surface area contributed by atoms with Crippen LogP contribution in [0.15, 0.2) is 72.5 Å². The molecule has 2 bridgehead atoms. The monoisotopic (exact) mass is 389 g/mol. The molecule has 0 radical (unpaired) electrons. The van der Waals surface area contributed by atoms with Crippen LogP contribution in [0.2, 0.25) is 0 Å². The number of cyclic esters (lactones) is 2. The normalized spacial score (nSPS) is 27.5. The van der Waals surface area contributed by atoms with Gasteiger partial charge in [-0.3, -0.25) is 14.4 Å². The standard InChI is InChI=1S/C23H19NO5/c25-21-16-11-17(28-13-15-9-5-2-6-10-15)20(19-18(16)22(26)29-23(19)27)24(21)12-14-7-3-1-4-8-14/h1-11,16,18-20H,12-13H2/t16-,18+,19+,20+/m1/s1. The molecule has 146 valence electrons. The first-order valence-corrected chi connectivity index (χ1v) is 9.62. The lowest BCUT2D eigenvalue weighted by Gasteiger charge is -2.47. The van der Waals surface area contributed by atoms with Crippen molar-refractivity contribution >= 4 is 17.8 Å². The van der Waals surface area contributed by atoms with Gasteiger partial charge in [-0.05, 0) is 17.2 Å². The summed E-state index contributed by atoms with van der Waals surface area (Å²) in [6.07, 6.45) is 1.71. The number of fused-ring (bicyclic) bond motifs is 1. The van der Waals surface area contributed by atoms with E-state index in [4.69, 9.17) is 9.47 Å². The largest absolute Gasteiger partial charge is 0.491 e. The van der Waals surface area contributed by atoms with Crippen molar-refractivity contribution in [2.45, 2.75) is 19.2 Å². The molecule has 6 heteroatoms. The van der Waals surface area contributed by atoms with Gasteiger partial charge in [-0.25, -0.2) is 0 Å². The molecule has 0 unspecified atom stereocenters. The molecule has 4 atom stereocenters. The molecule has 29 heavy (non-hydrogen) atoms. The molecule has 1 aliphatic carbocycles. The van der Waals surface area contributed by atoms with Gasteiger partial charge in [0.25, 0.3) is 0 Å². The van der Waals surface area contributed by atoms with E-state index >= 15 is 0 Å². The van der Waals surface area contributed by atoms with Crippen LogP contribution in [-0.4, -0.2) is 28.8 Å². The molecule has 1 amide bonds. The van der Waals surface area contributed by atoms with Crippen LogP contribution in [0.25, 0.3) is 0 Å². The Labute approximate surface area is 167 Å². The van der Waals surface area contributed by atoms with Gasteiger partial charge in [0.1, 0.15) is 18.4 Å². The molecule has 0 saturated carbocycles. The van der Waals surface area contributed by atoms with Crippen LogP contribution in [-0.2, 0) is 37.0 Å². The topological polar surface area (TPSA) is 72.9 Å². The van der Waals surface area contributed by atoms with E-state index < -0.39 is 35.7 Å². The van der Waals surface area contributed by atoms with Gasteiger partial charge in [0.2, 0.25) is 5.91 Å². The van der Waals surface area contributed by atoms with E-state index in [1.54, 1.807) is 11.0 Å². The summed E-state index contributed by atoms with van der Waals surface area (Å²) in [6, 6.07) is 18.6. The van der Waals surface area contributed by atoms with Crippen molar-refractivity contribution in [3.05, 3.63) is 83.6 Å². The molecule has 2 aromatic carbocycles. The van der Waals surface area contributed by atoms with Crippen LogP contribution in [0.1, 0.15) is 11.1 Å². The number of carbonyl (C=O) groups excluding carboxylic acids is 3. The lowest BCUT2D eigenvalue weighted by atomic mass is 9.68. The van der Waals surface area contributed by atoms with E-state index in [9.17, 15) is 14.4 Å². The van der Waals surface area contributed by atoms with E-state index in [1.807, 2.05) is 60.7 Å². The smallest absolute Gasteiger partial charge is 0.320 e. The number of nitrogens with zero attached hydrogens (tertiary/aromatic N) is 1. The maximum atomic E-state index is 13.1. The minimum absolute atomic E-state index is 0.168. The van der Waals surface area contributed by atoms with Crippen LogP contribution in [0.4, 0.5) is 0 Å². The van der Waals surface area contributed by atoms with Crippen molar-refractivity contribution in [1.82, 2.24) is 4.90 Å². The second-order valence-electron chi connectivity index (χ2n) is 7.56. The fraction of sp³-hybridized carbons (Fsp3) is 0.261. The highest BCUT2D eigenvalue weighted by Gasteiger charge is 2.63. The average molecular weight is 389 g/mol. The fourth-order valence-electron chi connectivity index (χ4n) is 4.51. The highest BCUT2D eigenvalue weighted by molar-refractivity contribution is 6.03. The van der Waals surface area contributed by atoms with Crippen molar-refractivity contribution in [1.29, 1.82) is 0 Å². The summed E-state index contributed by atoms with van der Waals surface area (Å²) in [5.41, 5.74) is 1.93. The Morgan fingerprint density at radius 2 is 1.45 bits per heavy atom. The minimum atomic E-state index is -0.754. The molecule has 6 rings (SSSR count). The van der Waals surface area contributed by atoms with Crippen molar-refractivity contribution in [2.24, 2.45) is 17.8 Å². The van der Waals surface area contributed by atoms with Gasteiger partial charge in [-0.15, -0.1) is 0 Å². The maximum absolute atomic E-state index is 13.1. The number of rotatable bonds is 5. The molecule has 4 aliphatic rings. The van der Waals surface area contributed by atoms with Gasteiger partial charge >= 0.3 is 11.9 Å². The third-order valence-electron chi connectivity index (χ3n) is 5.84. The molecule has 0 spiro atoms. The van der Waals surface area contributed by atoms with Crippen molar-refractivity contribution in [2.75, 3.05) is 0 Å². The molecule has 0 N–H and O–H groups in total. The van der Waals surface area contributed by atoms with E-state index in [-0.39, 0.29) is 5.91 Å². The molecule has 3 heterocycles. The first kappa shape index (κ1) is 17.7. The van der Waals surface area contributed by atoms with Gasteiger partial charge in [0, 0.05) is 6.54 Å². The van der Waals surface area contributed by atoms with Crippen molar-refractivity contribution < 1.29 is 23.9 Å². The number of hydrogen-bond acceptors (Lipinski definition) is 5. The molecular weight excluding hydrogens is 370 g/mol. The van der Waals surface area contributed by atoms with Crippen LogP contribution in [0.3, 0.4) is 0 Å². The Kier molecular flexibility index (Phi) is 4.19. The Morgan fingerprint density at radius 1 is 0.828 bits per heavy atom.